The Bertz CT molecular complexity index is 297. The van der Waals surface area contributed by atoms with E-state index in [0.717, 1.165) is 5.69 Å². The lowest BCUT2D eigenvalue weighted by molar-refractivity contribution is 0.899. The molecule has 12 heavy (non-hydrogen) atoms. The smallest absolute Gasteiger partial charge is 0.101 e. The minimum Gasteiger partial charge on any atom is -0.382 e. The lowest BCUT2D eigenvalue weighted by Crippen LogP contribution is -2.10. The number of rotatable bonds is 2. The summed E-state index contributed by atoms with van der Waals surface area (Å²) < 4.78 is 0. The molecule has 0 heterocycles. The fraction of sp³-hybridized carbons (Fsp3) is 0.300. The van der Waals surface area contributed by atoms with Crippen LogP contribution in [0, 0.1) is 11.3 Å². The normalized spacial score (nSPS) is 9.50. The van der Waals surface area contributed by atoms with E-state index in [9.17, 15) is 0 Å². The van der Waals surface area contributed by atoms with Crippen molar-refractivity contribution in [3.05, 3.63) is 29.8 Å². The van der Waals surface area contributed by atoms with E-state index in [1.54, 1.807) is 0 Å². The van der Waals surface area contributed by atoms with Crippen LogP contribution in [0.2, 0.25) is 0 Å². The van der Waals surface area contributed by atoms with Crippen molar-refractivity contribution in [3.8, 4) is 6.07 Å². The third kappa shape index (κ3) is 2.00. The summed E-state index contributed by atoms with van der Waals surface area (Å²) in [5.74, 6) is 0. The Morgan fingerprint density at radius 1 is 1.33 bits per heavy atom. The summed E-state index contributed by atoms with van der Waals surface area (Å²) in [6, 6.07) is 10.0. The summed E-state index contributed by atoms with van der Waals surface area (Å²) in [6.45, 7) is 4.10. The maximum absolute atomic E-state index is 8.74. The molecule has 0 unspecified atom stereocenters. The lowest BCUT2D eigenvalue weighted by atomic mass is 10.2. The fourth-order valence-corrected chi connectivity index (χ4v) is 1.02. The van der Waals surface area contributed by atoms with Crippen LogP contribution in [-0.2, 0) is 0 Å². The molecule has 0 bridgehead atoms. The minimum absolute atomic E-state index is 0.361. The first-order valence-electron chi connectivity index (χ1n) is 3.99. The van der Waals surface area contributed by atoms with Gasteiger partial charge in [-0.2, -0.15) is 5.26 Å². The maximum atomic E-state index is 8.74. The molecule has 0 fully saturated rings. The summed E-state index contributed by atoms with van der Waals surface area (Å²) >= 11 is 0. The van der Waals surface area contributed by atoms with Gasteiger partial charge in [0.15, 0.2) is 0 Å². The number of para-hydroxylation sites is 1. The van der Waals surface area contributed by atoms with Crippen LogP contribution in [0.4, 0.5) is 5.69 Å². The molecule has 1 rings (SSSR count). The highest BCUT2D eigenvalue weighted by Crippen LogP contribution is 2.14. The molecule has 1 N–H and O–H groups in total. The molecular formula is C10H12N2. The molecule has 0 saturated heterocycles. The van der Waals surface area contributed by atoms with Gasteiger partial charge in [-0.3, -0.25) is 0 Å². The maximum Gasteiger partial charge on any atom is 0.101 e. The molecule has 2 nitrogen and oxygen atoms in total. The van der Waals surface area contributed by atoms with Gasteiger partial charge < -0.3 is 5.32 Å². The van der Waals surface area contributed by atoms with Crippen LogP contribution in [-0.4, -0.2) is 6.04 Å². The van der Waals surface area contributed by atoms with Gasteiger partial charge in [0, 0.05) is 6.04 Å². The molecule has 0 atom stereocenters. The highest BCUT2D eigenvalue weighted by atomic mass is 14.9. The fourth-order valence-electron chi connectivity index (χ4n) is 1.02. The predicted molar refractivity (Wildman–Crippen MR) is 49.9 cm³/mol. The highest BCUT2D eigenvalue weighted by molar-refractivity contribution is 5.57. The zero-order valence-electron chi connectivity index (χ0n) is 7.33. The summed E-state index contributed by atoms with van der Waals surface area (Å²) in [5.41, 5.74) is 1.61. The lowest BCUT2D eigenvalue weighted by Gasteiger charge is -2.10. The molecule has 0 radical (unpaired) electrons. The van der Waals surface area contributed by atoms with E-state index in [4.69, 9.17) is 5.26 Å². The molecule has 0 spiro atoms. The van der Waals surface area contributed by atoms with Gasteiger partial charge in [0.25, 0.3) is 0 Å². The van der Waals surface area contributed by atoms with Crippen LogP contribution in [0.15, 0.2) is 24.3 Å². The van der Waals surface area contributed by atoms with Crippen LogP contribution in [0.1, 0.15) is 19.4 Å². The predicted octanol–water partition coefficient (Wildman–Crippen LogP) is 2.38. The highest BCUT2D eigenvalue weighted by Gasteiger charge is 2.00. The quantitative estimate of drug-likeness (QED) is 0.721. The number of nitrogens with one attached hydrogen (secondary N) is 1. The van der Waals surface area contributed by atoms with Crippen LogP contribution >= 0.6 is 0 Å². The number of hydrogen-bond acceptors (Lipinski definition) is 2. The van der Waals surface area contributed by atoms with E-state index in [1.807, 2.05) is 38.1 Å². The molecule has 0 aliphatic carbocycles. The Labute approximate surface area is 72.8 Å². The van der Waals surface area contributed by atoms with Crippen molar-refractivity contribution in [1.82, 2.24) is 0 Å². The van der Waals surface area contributed by atoms with Crippen molar-refractivity contribution in [2.45, 2.75) is 19.9 Å². The zero-order chi connectivity index (χ0) is 8.97. The molecule has 2 heteroatoms. The Balaban J connectivity index is 2.91. The van der Waals surface area contributed by atoms with E-state index < -0.39 is 0 Å². The van der Waals surface area contributed by atoms with Crippen LogP contribution in [0.25, 0.3) is 0 Å². The van der Waals surface area contributed by atoms with Gasteiger partial charge in [-0.15, -0.1) is 0 Å². The van der Waals surface area contributed by atoms with Gasteiger partial charge in [-0.1, -0.05) is 12.1 Å². The van der Waals surface area contributed by atoms with E-state index in [2.05, 4.69) is 11.4 Å². The molecule has 0 saturated carbocycles. The SMILES string of the molecule is CC(C)Nc1ccccc1C#N. The largest absolute Gasteiger partial charge is 0.382 e. The molecule has 62 valence electrons. The van der Waals surface area contributed by atoms with Gasteiger partial charge in [-0.05, 0) is 26.0 Å². The average Bonchev–Trinajstić information content (AvgIpc) is 2.04. The summed E-state index contributed by atoms with van der Waals surface area (Å²) in [4.78, 5) is 0. The molecule has 1 aromatic carbocycles. The van der Waals surface area contributed by atoms with E-state index >= 15 is 0 Å². The second-order valence-electron chi connectivity index (χ2n) is 2.96. The first kappa shape index (κ1) is 8.61. The van der Waals surface area contributed by atoms with Gasteiger partial charge in [-0.25, -0.2) is 0 Å². The van der Waals surface area contributed by atoms with Gasteiger partial charge in [0.05, 0.1) is 11.3 Å². The Kier molecular flexibility index (Phi) is 2.71. The van der Waals surface area contributed by atoms with Gasteiger partial charge in [0.2, 0.25) is 0 Å². The third-order valence-electron chi connectivity index (χ3n) is 1.49. The second-order valence-corrected chi connectivity index (χ2v) is 2.96. The van der Waals surface area contributed by atoms with E-state index in [1.165, 1.54) is 0 Å². The standard InChI is InChI=1S/C10H12N2/c1-8(2)12-10-6-4-3-5-9(10)7-11/h3-6,8,12H,1-2H3. The van der Waals surface area contributed by atoms with Gasteiger partial charge >= 0.3 is 0 Å². The van der Waals surface area contributed by atoms with Crippen molar-refractivity contribution < 1.29 is 0 Å². The van der Waals surface area contributed by atoms with Crippen molar-refractivity contribution in [1.29, 1.82) is 5.26 Å². The summed E-state index contributed by atoms with van der Waals surface area (Å²) in [6.07, 6.45) is 0. The number of hydrogen-bond donors (Lipinski definition) is 1. The minimum atomic E-state index is 0.361. The molecule has 0 amide bonds. The molecule has 1 aromatic rings. The van der Waals surface area contributed by atoms with Crippen LogP contribution < -0.4 is 5.32 Å². The molecule has 0 aromatic heterocycles. The van der Waals surface area contributed by atoms with Crippen molar-refractivity contribution >= 4 is 5.69 Å². The number of nitrogens with zero attached hydrogens (tertiary/aromatic N) is 1. The van der Waals surface area contributed by atoms with Crippen molar-refractivity contribution in [3.63, 3.8) is 0 Å². The number of nitriles is 1. The molecule has 0 aliphatic rings. The molecular weight excluding hydrogens is 148 g/mol. The summed E-state index contributed by atoms with van der Waals surface area (Å²) in [7, 11) is 0. The van der Waals surface area contributed by atoms with Crippen LogP contribution in [0.5, 0.6) is 0 Å². The van der Waals surface area contributed by atoms with E-state index in [0.29, 0.717) is 11.6 Å². The first-order valence-corrected chi connectivity index (χ1v) is 3.99. The number of anilines is 1. The van der Waals surface area contributed by atoms with E-state index in [-0.39, 0.29) is 0 Å². The number of benzene rings is 1. The van der Waals surface area contributed by atoms with Gasteiger partial charge in [0.1, 0.15) is 6.07 Å². The second kappa shape index (κ2) is 3.77. The third-order valence-corrected chi connectivity index (χ3v) is 1.49. The van der Waals surface area contributed by atoms with Crippen molar-refractivity contribution in [2.75, 3.05) is 5.32 Å². The first-order chi connectivity index (χ1) is 5.74. The topological polar surface area (TPSA) is 35.8 Å². The Hall–Kier alpha value is -1.49. The van der Waals surface area contributed by atoms with Crippen molar-refractivity contribution in [2.24, 2.45) is 0 Å². The Morgan fingerprint density at radius 3 is 2.58 bits per heavy atom. The summed E-state index contributed by atoms with van der Waals surface area (Å²) in [5, 5.41) is 11.9. The Morgan fingerprint density at radius 2 is 2.00 bits per heavy atom. The zero-order valence-corrected chi connectivity index (χ0v) is 7.33. The molecule has 0 aliphatic heterocycles. The van der Waals surface area contributed by atoms with Crippen LogP contribution in [0.3, 0.4) is 0 Å². The average molecular weight is 160 g/mol. The monoisotopic (exact) mass is 160 g/mol.